The summed E-state index contributed by atoms with van der Waals surface area (Å²) >= 11 is 5.63. The standard InChI is InChI=1S/C7H7BrIN/c1-4-2-5(9)3-6(8)7(4)10/h2-3H,10H2,1H3. The quantitative estimate of drug-likeness (QED) is 0.578. The Morgan fingerprint density at radius 1 is 1.50 bits per heavy atom. The second kappa shape index (κ2) is 3.09. The number of benzene rings is 1. The van der Waals surface area contributed by atoms with Gasteiger partial charge in [0.15, 0.2) is 0 Å². The lowest BCUT2D eigenvalue weighted by Gasteiger charge is -2.02. The van der Waals surface area contributed by atoms with Crippen molar-refractivity contribution in [1.82, 2.24) is 0 Å². The molecule has 0 atom stereocenters. The molecule has 3 heteroatoms. The molecule has 0 fully saturated rings. The molecule has 0 saturated heterocycles. The van der Waals surface area contributed by atoms with Gasteiger partial charge in [-0.15, -0.1) is 0 Å². The molecular formula is C7H7BrIN. The molecule has 0 aromatic heterocycles. The number of nitrogens with two attached hydrogens (primary N) is 1. The van der Waals surface area contributed by atoms with Crippen LogP contribution in [0.25, 0.3) is 0 Å². The van der Waals surface area contributed by atoms with Crippen molar-refractivity contribution in [1.29, 1.82) is 0 Å². The fourth-order valence-electron chi connectivity index (χ4n) is 0.713. The summed E-state index contributed by atoms with van der Waals surface area (Å²) in [5.74, 6) is 0. The Morgan fingerprint density at radius 3 is 2.60 bits per heavy atom. The Morgan fingerprint density at radius 2 is 2.10 bits per heavy atom. The first kappa shape index (κ1) is 8.33. The van der Waals surface area contributed by atoms with Crippen LogP contribution < -0.4 is 5.73 Å². The molecule has 0 spiro atoms. The fraction of sp³-hybridized carbons (Fsp3) is 0.143. The van der Waals surface area contributed by atoms with E-state index < -0.39 is 0 Å². The van der Waals surface area contributed by atoms with Gasteiger partial charge in [-0.3, -0.25) is 0 Å². The molecule has 1 aromatic rings. The van der Waals surface area contributed by atoms with Crippen LogP contribution in [0.5, 0.6) is 0 Å². The van der Waals surface area contributed by atoms with Gasteiger partial charge in [-0.25, -0.2) is 0 Å². The van der Waals surface area contributed by atoms with Crippen LogP contribution in [0, 0.1) is 10.5 Å². The van der Waals surface area contributed by atoms with Crippen LogP contribution in [-0.2, 0) is 0 Å². The fourth-order valence-corrected chi connectivity index (χ4v) is 2.48. The molecule has 0 aliphatic heterocycles. The zero-order valence-electron chi connectivity index (χ0n) is 5.49. The number of halogens is 2. The molecule has 1 nitrogen and oxygen atoms in total. The first-order valence-corrected chi connectivity index (χ1v) is 4.69. The lowest BCUT2D eigenvalue weighted by molar-refractivity contribution is 1.43. The number of hydrogen-bond acceptors (Lipinski definition) is 1. The van der Waals surface area contributed by atoms with Gasteiger partial charge in [0.2, 0.25) is 0 Å². The van der Waals surface area contributed by atoms with E-state index in [0.717, 1.165) is 15.7 Å². The first-order chi connectivity index (χ1) is 4.61. The zero-order valence-corrected chi connectivity index (χ0v) is 9.23. The minimum atomic E-state index is 0.834. The second-order valence-corrected chi connectivity index (χ2v) is 4.22. The van der Waals surface area contributed by atoms with Crippen LogP contribution >= 0.6 is 38.5 Å². The minimum absolute atomic E-state index is 0.834. The van der Waals surface area contributed by atoms with Crippen LogP contribution in [0.2, 0.25) is 0 Å². The largest absolute Gasteiger partial charge is 0.398 e. The molecule has 0 aliphatic rings. The van der Waals surface area contributed by atoms with E-state index in [0.29, 0.717) is 0 Å². The first-order valence-electron chi connectivity index (χ1n) is 2.82. The second-order valence-electron chi connectivity index (χ2n) is 2.12. The number of nitrogen functional groups attached to an aromatic ring is 1. The molecule has 2 N–H and O–H groups in total. The molecule has 10 heavy (non-hydrogen) atoms. The third kappa shape index (κ3) is 1.63. The molecule has 1 aromatic carbocycles. The Bertz CT molecular complexity index is 237. The van der Waals surface area contributed by atoms with Gasteiger partial charge in [0.1, 0.15) is 0 Å². The summed E-state index contributed by atoms with van der Waals surface area (Å²) in [6, 6.07) is 4.06. The predicted octanol–water partition coefficient (Wildman–Crippen LogP) is 2.94. The Kier molecular flexibility index (Phi) is 2.57. The average Bonchev–Trinajstić information content (AvgIpc) is 1.82. The Labute approximate surface area is 82.3 Å². The summed E-state index contributed by atoms with van der Waals surface area (Å²) in [7, 11) is 0. The summed E-state index contributed by atoms with van der Waals surface area (Å²) in [5.41, 5.74) is 7.66. The van der Waals surface area contributed by atoms with Crippen molar-refractivity contribution in [2.45, 2.75) is 6.92 Å². The van der Waals surface area contributed by atoms with Crippen LogP contribution in [0.15, 0.2) is 16.6 Å². The SMILES string of the molecule is Cc1cc(I)cc(Br)c1N. The van der Waals surface area contributed by atoms with Gasteiger partial charge >= 0.3 is 0 Å². The van der Waals surface area contributed by atoms with E-state index >= 15 is 0 Å². The maximum absolute atomic E-state index is 5.70. The summed E-state index contributed by atoms with van der Waals surface area (Å²) < 4.78 is 2.19. The lowest BCUT2D eigenvalue weighted by Crippen LogP contribution is -1.91. The normalized spacial score (nSPS) is 9.90. The van der Waals surface area contributed by atoms with Crippen molar-refractivity contribution in [3.63, 3.8) is 0 Å². The molecule has 54 valence electrons. The maximum atomic E-state index is 5.70. The zero-order chi connectivity index (χ0) is 7.72. The van der Waals surface area contributed by atoms with E-state index in [1.165, 1.54) is 3.57 Å². The van der Waals surface area contributed by atoms with Crippen LogP contribution in [0.4, 0.5) is 5.69 Å². The van der Waals surface area contributed by atoms with E-state index in [9.17, 15) is 0 Å². The topological polar surface area (TPSA) is 26.0 Å². The highest BCUT2D eigenvalue weighted by molar-refractivity contribution is 14.1. The molecule has 0 bridgehead atoms. The molecule has 1 rings (SSSR count). The Hall–Kier alpha value is 0.230. The van der Waals surface area contributed by atoms with E-state index in [1.807, 2.05) is 13.0 Å². The molecule has 0 aliphatic carbocycles. The molecule has 0 unspecified atom stereocenters. The molecular weight excluding hydrogens is 305 g/mol. The van der Waals surface area contributed by atoms with Crippen molar-refractivity contribution in [3.8, 4) is 0 Å². The van der Waals surface area contributed by atoms with Gasteiger partial charge in [0, 0.05) is 13.7 Å². The smallest absolute Gasteiger partial charge is 0.0488 e. The molecule has 0 saturated carbocycles. The van der Waals surface area contributed by atoms with Crippen molar-refractivity contribution >= 4 is 44.2 Å². The highest BCUT2D eigenvalue weighted by Crippen LogP contribution is 2.25. The highest BCUT2D eigenvalue weighted by Gasteiger charge is 1.99. The van der Waals surface area contributed by atoms with Crippen LogP contribution in [0.3, 0.4) is 0 Å². The molecule has 0 radical (unpaired) electrons. The van der Waals surface area contributed by atoms with Gasteiger partial charge in [0.05, 0.1) is 0 Å². The molecule has 0 heterocycles. The van der Waals surface area contributed by atoms with Crippen molar-refractivity contribution < 1.29 is 0 Å². The van der Waals surface area contributed by atoms with Gasteiger partial charge in [-0.1, -0.05) is 0 Å². The van der Waals surface area contributed by atoms with Crippen molar-refractivity contribution in [2.75, 3.05) is 5.73 Å². The lowest BCUT2D eigenvalue weighted by atomic mass is 10.2. The third-order valence-corrected chi connectivity index (χ3v) is 2.58. The van der Waals surface area contributed by atoms with E-state index in [4.69, 9.17) is 5.73 Å². The number of hydrogen-bond donors (Lipinski definition) is 1. The Balaban J connectivity index is 3.31. The van der Waals surface area contributed by atoms with Gasteiger partial charge in [-0.05, 0) is 63.1 Å². The highest BCUT2D eigenvalue weighted by atomic mass is 127. The number of rotatable bonds is 0. The van der Waals surface area contributed by atoms with Gasteiger partial charge in [0.25, 0.3) is 0 Å². The van der Waals surface area contributed by atoms with Gasteiger partial charge in [-0.2, -0.15) is 0 Å². The van der Waals surface area contributed by atoms with E-state index in [-0.39, 0.29) is 0 Å². The average molecular weight is 312 g/mol. The summed E-state index contributed by atoms with van der Waals surface area (Å²) in [6.45, 7) is 2.00. The van der Waals surface area contributed by atoms with Gasteiger partial charge < -0.3 is 5.73 Å². The third-order valence-electron chi connectivity index (χ3n) is 1.30. The van der Waals surface area contributed by atoms with Crippen molar-refractivity contribution in [2.24, 2.45) is 0 Å². The number of aryl methyl sites for hydroxylation is 1. The van der Waals surface area contributed by atoms with E-state index in [2.05, 4.69) is 44.6 Å². The predicted molar refractivity (Wildman–Crippen MR) is 56.0 cm³/mol. The summed E-state index contributed by atoms with van der Waals surface area (Å²) in [5, 5.41) is 0. The van der Waals surface area contributed by atoms with Crippen LogP contribution in [0.1, 0.15) is 5.56 Å². The minimum Gasteiger partial charge on any atom is -0.398 e. The summed E-state index contributed by atoms with van der Waals surface area (Å²) in [4.78, 5) is 0. The van der Waals surface area contributed by atoms with E-state index in [1.54, 1.807) is 0 Å². The van der Waals surface area contributed by atoms with Crippen molar-refractivity contribution in [3.05, 3.63) is 25.7 Å². The number of anilines is 1. The monoisotopic (exact) mass is 311 g/mol. The van der Waals surface area contributed by atoms with Crippen LogP contribution in [-0.4, -0.2) is 0 Å². The molecule has 0 amide bonds. The summed E-state index contributed by atoms with van der Waals surface area (Å²) in [6.07, 6.45) is 0. The maximum Gasteiger partial charge on any atom is 0.0488 e.